The fraction of sp³-hybridized carbons (Fsp3) is 0.143. The van der Waals surface area contributed by atoms with Gasteiger partial charge < -0.3 is 9.98 Å². The maximum absolute atomic E-state index is 10.6. The Hall–Kier alpha value is -1.51. The van der Waals surface area contributed by atoms with Crippen LogP contribution in [0.25, 0.3) is 0 Å². The summed E-state index contributed by atoms with van der Waals surface area (Å²) in [6.45, 7) is 0. The molecular formula is C7H9N3O4S. The van der Waals surface area contributed by atoms with Gasteiger partial charge in [-0.2, -0.15) is 0 Å². The number of anilines is 1. The first-order valence-electron chi connectivity index (χ1n) is 3.86. The summed E-state index contributed by atoms with van der Waals surface area (Å²) in [6.07, 6.45) is 0. The van der Waals surface area contributed by atoms with Gasteiger partial charge in [0.25, 0.3) is 5.69 Å². The Bertz CT molecular complexity index is 409. The predicted molar refractivity (Wildman–Crippen MR) is 55.4 cm³/mol. The fourth-order valence-electron chi connectivity index (χ4n) is 1.08. The average Bonchev–Trinajstić information content (AvgIpc) is 2.16. The van der Waals surface area contributed by atoms with E-state index >= 15 is 0 Å². The molecule has 1 atom stereocenters. The van der Waals surface area contributed by atoms with Gasteiger partial charge in [-0.05, 0) is 11.6 Å². The molecule has 0 aromatic heterocycles. The Kier molecular flexibility index (Phi) is 3.72. The number of nitrogens with one attached hydrogen (secondary N) is 1. The normalized spacial score (nSPS) is 12.1. The summed E-state index contributed by atoms with van der Waals surface area (Å²) in [5.41, 5.74) is 2.52. The lowest BCUT2D eigenvalue weighted by Gasteiger charge is -2.03. The maximum Gasteiger partial charge on any atom is 0.293 e. The Morgan fingerprint density at radius 3 is 2.73 bits per heavy atom. The van der Waals surface area contributed by atoms with E-state index in [1.165, 1.54) is 18.2 Å². The quantitative estimate of drug-likeness (QED) is 0.302. The van der Waals surface area contributed by atoms with E-state index in [1.54, 1.807) is 0 Å². The summed E-state index contributed by atoms with van der Waals surface area (Å²) in [6, 6.07) is 4.10. The van der Waals surface area contributed by atoms with Gasteiger partial charge in [-0.3, -0.25) is 16.0 Å². The lowest BCUT2D eigenvalue weighted by atomic mass is 10.2. The Labute approximate surface area is 87.7 Å². The molecule has 0 amide bonds. The van der Waals surface area contributed by atoms with Crippen molar-refractivity contribution in [2.45, 2.75) is 5.75 Å². The number of nitrogens with two attached hydrogens (primary N) is 1. The molecule has 1 aromatic carbocycles. The molecule has 0 bridgehead atoms. The molecule has 82 valence electrons. The van der Waals surface area contributed by atoms with E-state index < -0.39 is 16.0 Å². The molecular weight excluding hydrogens is 222 g/mol. The summed E-state index contributed by atoms with van der Waals surface area (Å²) in [7, 11) is 0. The van der Waals surface area contributed by atoms with Gasteiger partial charge in [0.05, 0.1) is 10.7 Å². The second-order valence-corrected chi connectivity index (χ2v) is 3.65. The smallest absolute Gasteiger partial charge is 0.293 e. The highest BCUT2D eigenvalue weighted by Crippen LogP contribution is 2.24. The molecule has 1 unspecified atom stereocenters. The second-order valence-electron chi connectivity index (χ2n) is 2.72. The zero-order valence-electron chi connectivity index (χ0n) is 7.54. The topological polar surface area (TPSA) is 118 Å². The zero-order chi connectivity index (χ0) is 11.4. The zero-order valence-corrected chi connectivity index (χ0v) is 8.36. The number of nitro benzene ring substituents is 1. The van der Waals surface area contributed by atoms with Crippen LogP contribution in [-0.4, -0.2) is 13.7 Å². The van der Waals surface area contributed by atoms with Gasteiger partial charge in [-0.25, -0.2) is 4.21 Å². The van der Waals surface area contributed by atoms with Gasteiger partial charge in [0.1, 0.15) is 5.69 Å². The van der Waals surface area contributed by atoms with Gasteiger partial charge in [0.15, 0.2) is 11.1 Å². The Balaban J connectivity index is 3.10. The number of hydrogen-bond donors (Lipinski definition) is 3. The molecule has 0 aliphatic carbocycles. The van der Waals surface area contributed by atoms with Crippen LogP contribution in [0.4, 0.5) is 11.4 Å². The van der Waals surface area contributed by atoms with Crippen molar-refractivity contribution in [3.8, 4) is 0 Å². The molecule has 15 heavy (non-hydrogen) atoms. The van der Waals surface area contributed by atoms with E-state index in [4.69, 9.17) is 10.4 Å². The molecule has 7 nitrogen and oxygen atoms in total. The third-order valence-electron chi connectivity index (χ3n) is 1.70. The first-order chi connectivity index (χ1) is 7.04. The van der Waals surface area contributed by atoms with Gasteiger partial charge in [0.2, 0.25) is 0 Å². The molecule has 0 saturated carbocycles. The summed E-state index contributed by atoms with van der Waals surface area (Å²) >= 11 is -2.02. The number of nitro groups is 1. The van der Waals surface area contributed by atoms with Crippen molar-refractivity contribution in [1.29, 1.82) is 0 Å². The predicted octanol–water partition coefficient (Wildman–Crippen LogP) is 0.602. The number of rotatable bonds is 4. The lowest BCUT2D eigenvalue weighted by molar-refractivity contribution is -0.384. The van der Waals surface area contributed by atoms with Gasteiger partial charge in [-0.15, -0.1) is 0 Å². The first kappa shape index (κ1) is 11.6. The van der Waals surface area contributed by atoms with Crippen LogP contribution in [0.5, 0.6) is 0 Å². The molecule has 0 radical (unpaired) electrons. The Morgan fingerprint density at radius 2 is 2.27 bits per heavy atom. The van der Waals surface area contributed by atoms with Crippen LogP contribution < -0.4 is 11.3 Å². The van der Waals surface area contributed by atoms with Crippen LogP contribution in [0, 0.1) is 10.1 Å². The van der Waals surface area contributed by atoms with Crippen LogP contribution >= 0.6 is 0 Å². The third-order valence-corrected chi connectivity index (χ3v) is 2.28. The van der Waals surface area contributed by atoms with Crippen molar-refractivity contribution in [1.82, 2.24) is 0 Å². The molecule has 0 spiro atoms. The molecule has 0 aliphatic rings. The summed E-state index contributed by atoms with van der Waals surface area (Å²) in [5.74, 6) is 4.93. The minimum absolute atomic E-state index is 0.147. The van der Waals surface area contributed by atoms with Gasteiger partial charge >= 0.3 is 0 Å². The first-order valence-corrected chi connectivity index (χ1v) is 5.13. The molecule has 4 N–H and O–H groups in total. The van der Waals surface area contributed by atoms with Crippen LogP contribution in [0.3, 0.4) is 0 Å². The van der Waals surface area contributed by atoms with Crippen LogP contribution in [0.2, 0.25) is 0 Å². The highest BCUT2D eigenvalue weighted by molar-refractivity contribution is 7.78. The molecule has 0 aliphatic heterocycles. The number of hydrazine groups is 1. The van der Waals surface area contributed by atoms with E-state index in [9.17, 15) is 14.3 Å². The summed E-state index contributed by atoms with van der Waals surface area (Å²) < 4.78 is 19.1. The molecule has 0 fully saturated rings. The van der Waals surface area contributed by atoms with Gasteiger partial charge in [0, 0.05) is 6.07 Å². The Morgan fingerprint density at radius 1 is 1.60 bits per heavy atom. The van der Waals surface area contributed by atoms with Crippen molar-refractivity contribution in [3.63, 3.8) is 0 Å². The fourth-order valence-corrected chi connectivity index (χ4v) is 1.55. The molecule has 8 heteroatoms. The number of nitrogen functional groups attached to an aromatic ring is 1. The molecule has 1 aromatic rings. The van der Waals surface area contributed by atoms with E-state index in [1.807, 2.05) is 0 Å². The second kappa shape index (κ2) is 4.82. The van der Waals surface area contributed by atoms with Gasteiger partial charge in [-0.1, -0.05) is 6.07 Å². The summed E-state index contributed by atoms with van der Waals surface area (Å²) in [4.78, 5) is 9.98. The highest BCUT2D eigenvalue weighted by atomic mass is 32.2. The van der Waals surface area contributed by atoms with E-state index in [0.717, 1.165) is 0 Å². The lowest BCUT2D eigenvalue weighted by Crippen LogP contribution is -2.09. The molecule has 0 heterocycles. The van der Waals surface area contributed by atoms with Crippen molar-refractivity contribution in [2.75, 3.05) is 5.43 Å². The van der Waals surface area contributed by atoms with Crippen molar-refractivity contribution >= 4 is 22.5 Å². The standard InChI is InChI=1S/C7H9N3O4S/c8-9-6-2-1-5(4-15(13)14)3-7(6)10(11)12/h1-3,9H,4,8H2,(H,13,14). The van der Waals surface area contributed by atoms with E-state index in [0.29, 0.717) is 5.56 Å². The molecule has 1 rings (SSSR count). The maximum atomic E-state index is 10.6. The van der Waals surface area contributed by atoms with Crippen molar-refractivity contribution in [2.24, 2.45) is 5.84 Å². The molecule has 0 saturated heterocycles. The number of benzene rings is 1. The van der Waals surface area contributed by atoms with E-state index in [2.05, 4.69) is 5.43 Å². The largest absolute Gasteiger partial charge is 0.318 e. The third kappa shape index (κ3) is 2.98. The van der Waals surface area contributed by atoms with Crippen LogP contribution in [0.1, 0.15) is 5.56 Å². The minimum atomic E-state index is -2.02. The highest BCUT2D eigenvalue weighted by Gasteiger charge is 2.14. The number of hydrogen-bond acceptors (Lipinski definition) is 5. The van der Waals surface area contributed by atoms with Crippen LogP contribution in [-0.2, 0) is 16.8 Å². The summed E-state index contributed by atoms with van der Waals surface area (Å²) in [5, 5.41) is 10.6. The SMILES string of the molecule is NNc1ccc(CS(=O)O)cc1[N+](=O)[O-]. The van der Waals surface area contributed by atoms with Crippen molar-refractivity contribution in [3.05, 3.63) is 33.9 Å². The monoisotopic (exact) mass is 231 g/mol. The average molecular weight is 231 g/mol. The van der Waals surface area contributed by atoms with Crippen molar-refractivity contribution < 1.29 is 13.7 Å². The minimum Gasteiger partial charge on any atom is -0.318 e. The van der Waals surface area contributed by atoms with Crippen LogP contribution in [0.15, 0.2) is 18.2 Å². The number of nitrogens with zero attached hydrogens (tertiary/aromatic N) is 1. The van der Waals surface area contributed by atoms with E-state index in [-0.39, 0.29) is 17.1 Å².